The van der Waals surface area contributed by atoms with Crippen molar-refractivity contribution in [1.82, 2.24) is 9.80 Å². The van der Waals surface area contributed by atoms with Crippen molar-refractivity contribution in [3.05, 3.63) is 88.0 Å². The summed E-state index contributed by atoms with van der Waals surface area (Å²) in [5.74, 6) is 4.52. The van der Waals surface area contributed by atoms with Crippen LogP contribution in [0.3, 0.4) is 0 Å². The highest BCUT2D eigenvalue weighted by Gasteiger charge is 2.37. The van der Waals surface area contributed by atoms with E-state index < -0.39 is 0 Å². The molecule has 4 aromatic carbocycles. The number of rotatable bonds is 4. The summed E-state index contributed by atoms with van der Waals surface area (Å²) in [4.78, 5) is 4.65. The summed E-state index contributed by atoms with van der Waals surface area (Å²) in [5, 5.41) is 11.7. The molecule has 4 aliphatic heterocycles. The molecule has 4 heterocycles. The fourth-order valence-corrected chi connectivity index (χ4v) is 7.39. The van der Waals surface area contributed by atoms with Gasteiger partial charge in [0.1, 0.15) is 5.75 Å². The normalized spacial score (nSPS) is 19.0. The molecule has 0 unspecified atom stereocenters. The van der Waals surface area contributed by atoms with Gasteiger partial charge in [0.05, 0.1) is 28.4 Å². The van der Waals surface area contributed by atoms with Crippen LogP contribution in [0.25, 0.3) is 0 Å². The number of benzene rings is 4. The molecule has 0 saturated carbocycles. The Balaban J connectivity index is 1.47. The molecule has 4 aromatic rings. The lowest BCUT2D eigenvalue weighted by molar-refractivity contribution is 0.216. The third-order valence-electron chi connectivity index (χ3n) is 9.97. The van der Waals surface area contributed by atoms with Gasteiger partial charge in [0.15, 0.2) is 34.5 Å². The van der Waals surface area contributed by atoms with Gasteiger partial charge in [-0.2, -0.15) is 0 Å². The highest BCUT2D eigenvalue weighted by atomic mass is 16.5. The van der Waals surface area contributed by atoms with Crippen LogP contribution in [0.15, 0.2) is 54.6 Å². The highest BCUT2D eigenvalue weighted by molar-refractivity contribution is 5.69. The second-order valence-electron chi connectivity index (χ2n) is 12.6. The number of likely N-dealkylation sites (N-methyl/N-ethyl adjacent to an activating group) is 2. The summed E-state index contributed by atoms with van der Waals surface area (Å²) in [7, 11) is 10.7. The molecule has 0 amide bonds. The van der Waals surface area contributed by atoms with E-state index in [1.807, 2.05) is 18.2 Å². The van der Waals surface area contributed by atoms with Crippen LogP contribution in [0, 0.1) is 0 Å². The Morgan fingerprint density at radius 2 is 1.34 bits per heavy atom. The van der Waals surface area contributed by atoms with Crippen LogP contribution >= 0.6 is 0 Å². The van der Waals surface area contributed by atoms with Crippen LogP contribution in [0.4, 0.5) is 0 Å². The average Bonchev–Trinajstić information content (AvgIpc) is 3.08. The molecule has 0 aliphatic carbocycles. The van der Waals surface area contributed by atoms with Crippen molar-refractivity contribution in [2.75, 3.05) is 55.6 Å². The molecular formula is C38H42N2O7. The lowest BCUT2D eigenvalue weighted by Gasteiger charge is -2.37. The third-order valence-corrected chi connectivity index (χ3v) is 9.97. The molecule has 10 bridgehead atoms. The van der Waals surface area contributed by atoms with Crippen molar-refractivity contribution >= 4 is 0 Å². The monoisotopic (exact) mass is 638 g/mol. The summed E-state index contributed by atoms with van der Waals surface area (Å²) in [6, 6.07) is 18.4. The zero-order valence-electron chi connectivity index (χ0n) is 27.9. The molecule has 1 N–H and O–H groups in total. The number of hydrogen-bond acceptors (Lipinski definition) is 9. The number of fused-ring (bicyclic) bond motifs is 2. The molecule has 246 valence electrons. The zero-order valence-corrected chi connectivity index (χ0v) is 27.9. The highest BCUT2D eigenvalue weighted by Crippen LogP contribution is 2.55. The Kier molecular flexibility index (Phi) is 8.28. The van der Waals surface area contributed by atoms with Crippen LogP contribution in [0.1, 0.15) is 45.5 Å². The Morgan fingerprint density at radius 3 is 2.06 bits per heavy atom. The lowest BCUT2D eigenvalue weighted by Crippen LogP contribution is -2.34. The van der Waals surface area contributed by atoms with E-state index in [0.29, 0.717) is 47.3 Å². The fraction of sp³-hybridized carbons (Fsp3) is 0.368. The molecule has 47 heavy (non-hydrogen) atoms. The van der Waals surface area contributed by atoms with Crippen LogP contribution in [-0.2, 0) is 25.7 Å². The number of aromatic hydroxyl groups is 1. The number of nitrogens with zero attached hydrogens (tertiary/aromatic N) is 2. The van der Waals surface area contributed by atoms with E-state index in [1.165, 1.54) is 11.1 Å². The van der Waals surface area contributed by atoms with Crippen molar-refractivity contribution in [2.45, 2.75) is 37.8 Å². The van der Waals surface area contributed by atoms with Crippen LogP contribution in [0.2, 0.25) is 0 Å². The minimum atomic E-state index is -0.144. The smallest absolute Gasteiger partial charge is 0.208 e. The minimum absolute atomic E-state index is 0.0690. The van der Waals surface area contributed by atoms with E-state index >= 15 is 0 Å². The molecule has 0 radical (unpaired) electrons. The molecule has 2 atom stereocenters. The summed E-state index contributed by atoms with van der Waals surface area (Å²) >= 11 is 0. The van der Waals surface area contributed by atoms with Crippen molar-refractivity contribution in [3.8, 4) is 51.7 Å². The van der Waals surface area contributed by atoms with Crippen molar-refractivity contribution < 1.29 is 33.5 Å². The SMILES string of the molecule is COc1ccc2cc1Oc1ccc(cc1)C[C@H]1c3c(O)c(OC)c(OC)c(c3CCN1C)Oc1cc3c(cc1OC)CCN(C)[C@H]3C2. The first-order chi connectivity index (χ1) is 22.8. The van der Waals surface area contributed by atoms with Gasteiger partial charge in [-0.3, -0.25) is 9.80 Å². The Hall–Kier alpha value is -4.60. The topological polar surface area (TPSA) is 82.1 Å². The second kappa shape index (κ2) is 12.5. The Labute approximate surface area is 276 Å². The van der Waals surface area contributed by atoms with Gasteiger partial charge < -0.3 is 33.5 Å². The molecule has 0 fully saturated rings. The van der Waals surface area contributed by atoms with Gasteiger partial charge in [0.2, 0.25) is 11.5 Å². The van der Waals surface area contributed by atoms with E-state index in [9.17, 15) is 5.11 Å². The number of ether oxygens (including phenoxy) is 6. The number of phenols is 1. The van der Waals surface area contributed by atoms with Crippen LogP contribution < -0.4 is 28.4 Å². The standard InChI is InChI=1S/C38H42N2O7/c1-39-15-13-24-20-31(43-4)33-21-27(24)28(39)18-23-9-12-30(42-3)32(19-23)46-25-10-7-22(8-11-25)17-29-34-26(14-16-40(29)2)36(47-33)38(45-6)37(44-5)35(34)41/h7-12,19-21,28-29,41H,13-18H2,1-6H3/t28-,29-/m0/s1. The molecule has 0 saturated heterocycles. The first kappa shape index (κ1) is 31.0. The number of phenolic OH excluding ortho intramolecular Hbond substituents is 1. The maximum atomic E-state index is 11.7. The second-order valence-corrected chi connectivity index (χ2v) is 12.6. The molecule has 0 spiro atoms. The summed E-state index contributed by atoms with van der Waals surface area (Å²) in [6.45, 7) is 1.69. The minimum Gasteiger partial charge on any atom is -0.504 e. The van der Waals surface area contributed by atoms with E-state index in [0.717, 1.165) is 53.9 Å². The number of methoxy groups -OCH3 is 4. The predicted molar refractivity (Wildman–Crippen MR) is 179 cm³/mol. The lowest BCUT2D eigenvalue weighted by atomic mass is 9.86. The summed E-state index contributed by atoms with van der Waals surface area (Å²) in [5.41, 5.74) is 6.32. The maximum Gasteiger partial charge on any atom is 0.208 e. The Morgan fingerprint density at radius 1 is 0.681 bits per heavy atom. The number of hydrogen-bond donors (Lipinski definition) is 1. The molecule has 0 aromatic heterocycles. The largest absolute Gasteiger partial charge is 0.504 e. The Bertz CT molecular complexity index is 1810. The molecule has 8 rings (SSSR count). The van der Waals surface area contributed by atoms with E-state index in [-0.39, 0.29) is 23.6 Å². The molecule has 4 aliphatic rings. The van der Waals surface area contributed by atoms with Crippen molar-refractivity contribution in [2.24, 2.45) is 0 Å². The maximum absolute atomic E-state index is 11.7. The van der Waals surface area contributed by atoms with Crippen LogP contribution in [0.5, 0.6) is 51.7 Å². The third kappa shape index (κ3) is 5.47. The van der Waals surface area contributed by atoms with Gasteiger partial charge in [-0.1, -0.05) is 18.2 Å². The van der Waals surface area contributed by atoms with Gasteiger partial charge >= 0.3 is 0 Å². The summed E-state index contributed by atoms with van der Waals surface area (Å²) in [6.07, 6.45) is 2.97. The first-order valence-electron chi connectivity index (χ1n) is 16.1. The van der Waals surface area contributed by atoms with Gasteiger partial charge in [-0.25, -0.2) is 0 Å². The molecular weight excluding hydrogens is 596 g/mol. The van der Waals surface area contributed by atoms with Crippen molar-refractivity contribution in [1.29, 1.82) is 0 Å². The molecule has 9 nitrogen and oxygen atoms in total. The quantitative estimate of drug-likeness (QED) is 0.258. The van der Waals surface area contributed by atoms with Crippen molar-refractivity contribution in [3.63, 3.8) is 0 Å². The van der Waals surface area contributed by atoms with Gasteiger partial charge in [-0.05, 0) is 98.4 Å². The van der Waals surface area contributed by atoms with E-state index in [1.54, 1.807) is 28.4 Å². The average molecular weight is 639 g/mol. The van der Waals surface area contributed by atoms with Gasteiger partial charge in [-0.15, -0.1) is 0 Å². The van der Waals surface area contributed by atoms with E-state index in [2.05, 4.69) is 60.3 Å². The molecule has 9 heteroatoms. The summed E-state index contributed by atoms with van der Waals surface area (Å²) < 4.78 is 36.7. The van der Waals surface area contributed by atoms with E-state index in [4.69, 9.17) is 28.4 Å². The zero-order chi connectivity index (χ0) is 32.8. The fourth-order valence-electron chi connectivity index (χ4n) is 7.39. The predicted octanol–water partition coefficient (Wildman–Crippen LogP) is 6.87. The first-order valence-corrected chi connectivity index (χ1v) is 16.1. The van der Waals surface area contributed by atoms with Gasteiger partial charge in [0.25, 0.3) is 0 Å². The van der Waals surface area contributed by atoms with Crippen LogP contribution in [-0.4, -0.2) is 70.5 Å². The van der Waals surface area contributed by atoms with Gasteiger partial charge in [0, 0.05) is 36.3 Å².